The summed E-state index contributed by atoms with van der Waals surface area (Å²) in [6.45, 7) is 1.26. The monoisotopic (exact) mass is 389 g/mol. The van der Waals surface area contributed by atoms with Gasteiger partial charge >= 0.3 is 0 Å². The molecule has 0 aliphatic rings. The van der Waals surface area contributed by atoms with Gasteiger partial charge in [-0.05, 0) is 35.4 Å². The van der Waals surface area contributed by atoms with Crippen molar-refractivity contribution in [2.45, 2.75) is 31.8 Å². The quantitative estimate of drug-likeness (QED) is 0.633. The molecule has 0 spiro atoms. The average Bonchev–Trinajstić information content (AvgIpc) is 2.63. The van der Waals surface area contributed by atoms with E-state index < -0.39 is 41.4 Å². The van der Waals surface area contributed by atoms with Crippen molar-refractivity contribution in [2.24, 2.45) is 5.73 Å². The Morgan fingerprint density at radius 1 is 0.821 bits per heavy atom. The number of carbonyl (C=O) groups is 3. The Morgan fingerprint density at radius 3 is 1.64 bits per heavy atom. The molecule has 2 rings (SSSR count). The first kappa shape index (κ1) is 21.0. The highest BCUT2D eigenvalue weighted by molar-refractivity contribution is 5.91. The number of benzene rings is 2. The molecule has 148 valence electrons. The van der Waals surface area contributed by atoms with Gasteiger partial charge in [0.1, 0.15) is 23.7 Å². The number of nitrogens with two attached hydrogens (primary N) is 1. The number of halogens is 2. The summed E-state index contributed by atoms with van der Waals surface area (Å²) in [7, 11) is 0. The number of nitrogens with one attached hydrogen (secondary N) is 2. The predicted molar refractivity (Wildman–Crippen MR) is 98.9 cm³/mol. The Bertz CT molecular complexity index is 839. The predicted octanol–water partition coefficient (Wildman–Crippen LogP) is 1.22. The van der Waals surface area contributed by atoms with Crippen molar-refractivity contribution < 1.29 is 23.2 Å². The van der Waals surface area contributed by atoms with Crippen LogP contribution in [-0.4, -0.2) is 29.8 Å². The fourth-order valence-corrected chi connectivity index (χ4v) is 2.66. The van der Waals surface area contributed by atoms with E-state index in [1.165, 1.54) is 55.5 Å². The van der Waals surface area contributed by atoms with Crippen LogP contribution in [0, 0.1) is 11.6 Å². The zero-order chi connectivity index (χ0) is 20.7. The molecule has 2 aromatic rings. The lowest BCUT2D eigenvalue weighted by molar-refractivity contribution is -0.130. The first-order valence-electron chi connectivity index (χ1n) is 8.60. The lowest BCUT2D eigenvalue weighted by atomic mass is 10.0. The number of carbonyl (C=O) groups excluding carboxylic acids is 3. The molecule has 0 heterocycles. The normalized spacial score (nSPS) is 12.7. The average molecular weight is 389 g/mol. The highest BCUT2D eigenvalue weighted by Gasteiger charge is 2.25. The van der Waals surface area contributed by atoms with Crippen molar-refractivity contribution >= 4 is 17.7 Å². The summed E-state index contributed by atoms with van der Waals surface area (Å²) in [5, 5.41) is 5.03. The summed E-state index contributed by atoms with van der Waals surface area (Å²) in [5.41, 5.74) is 6.62. The fourth-order valence-electron chi connectivity index (χ4n) is 2.66. The van der Waals surface area contributed by atoms with Gasteiger partial charge in [0.15, 0.2) is 0 Å². The number of rotatable bonds is 8. The van der Waals surface area contributed by atoms with E-state index in [1.54, 1.807) is 0 Å². The molecule has 0 saturated heterocycles. The van der Waals surface area contributed by atoms with Crippen LogP contribution < -0.4 is 16.4 Å². The van der Waals surface area contributed by atoms with Crippen LogP contribution in [0.4, 0.5) is 8.78 Å². The molecule has 0 aliphatic carbocycles. The van der Waals surface area contributed by atoms with Gasteiger partial charge in [0.05, 0.1) is 0 Å². The van der Waals surface area contributed by atoms with Gasteiger partial charge in [0.25, 0.3) is 0 Å². The molecule has 0 aromatic heterocycles. The lowest BCUT2D eigenvalue weighted by Crippen LogP contribution is -2.54. The molecule has 0 aliphatic heterocycles. The highest BCUT2D eigenvalue weighted by atomic mass is 19.1. The second-order valence-electron chi connectivity index (χ2n) is 6.38. The molecule has 0 saturated carbocycles. The molecule has 2 atom stereocenters. The smallest absolute Gasteiger partial charge is 0.243 e. The van der Waals surface area contributed by atoms with Gasteiger partial charge in [-0.2, -0.15) is 0 Å². The largest absolute Gasteiger partial charge is 0.368 e. The molecule has 6 nitrogen and oxygen atoms in total. The van der Waals surface area contributed by atoms with Crippen LogP contribution in [0.1, 0.15) is 18.1 Å². The zero-order valence-corrected chi connectivity index (χ0v) is 15.2. The molecule has 4 N–H and O–H groups in total. The highest BCUT2D eigenvalue weighted by Crippen LogP contribution is 2.09. The fraction of sp³-hybridized carbons (Fsp3) is 0.250. The molecule has 28 heavy (non-hydrogen) atoms. The van der Waals surface area contributed by atoms with Crippen LogP contribution in [0.3, 0.4) is 0 Å². The van der Waals surface area contributed by atoms with E-state index in [0.29, 0.717) is 11.1 Å². The minimum absolute atomic E-state index is 0.0741. The van der Waals surface area contributed by atoms with E-state index >= 15 is 0 Å². The summed E-state index contributed by atoms with van der Waals surface area (Å²) in [5.74, 6) is -2.64. The molecule has 0 radical (unpaired) electrons. The third-order valence-electron chi connectivity index (χ3n) is 4.06. The summed E-state index contributed by atoms with van der Waals surface area (Å²) in [4.78, 5) is 35.9. The van der Waals surface area contributed by atoms with Gasteiger partial charge in [0.2, 0.25) is 17.7 Å². The Hall–Kier alpha value is -3.29. The van der Waals surface area contributed by atoms with E-state index in [-0.39, 0.29) is 12.8 Å². The topological polar surface area (TPSA) is 101 Å². The van der Waals surface area contributed by atoms with Gasteiger partial charge in [-0.25, -0.2) is 8.78 Å². The maximum atomic E-state index is 13.1. The van der Waals surface area contributed by atoms with Gasteiger partial charge in [0, 0.05) is 19.8 Å². The van der Waals surface area contributed by atoms with Crippen molar-refractivity contribution in [1.82, 2.24) is 10.6 Å². The molecule has 0 unspecified atom stereocenters. The summed E-state index contributed by atoms with van der Waals surface area (Å²) in [6.07, 6.45) is 0.179. The summed E-state index contributed by atoms with van der Waals surface area (Å²) < 4.78 is 26.1. The Balaban J connectivity index is 2.11. The maximum absolute atomic E-state index is 13.1. The van der Waals surface area contributed by atoms with Crippen molar-refractivity contribution in [2.75, 3.05) is 0 Å². The standard InChI is InChI=1S/C20H21F2N3O3/c1-12(26)24-18(11-14-4-8-16(22)9-5-14)20(28)25-17(19(23)27)10-13-2-6-15(21)7-3-13/h2-9,17-18H,10-11H2,1H3,(H2,23,27)(H,24,26)(H,25,28)/t17-,18-/m0/s1. The lowest BCUT2D eigenvalue weighted by Gasteiger charge is -2.22. The third kappa shape index (κ3) is 6.46. The second kappa shape index (κ2) is 9.59. The summed E-state index contributed by atoms with van der Waals surface area (Å²) in [6, 6.07) is 8.94. The minimum Gasteiger partial charge on any atom is -0.368 e. The van der Waals surface area contributed by atoms with Crippen LogP contribution in [-0.2, 0) is 27.2 Å². The van der Waals surface area contributed by atoms with E-state index in [0.717, 1.165) is 0 Å². The van der Waals surface area contributed by atoms with Crippen molar-refractivity contribution in [3.8, 4) is 0 Å². The second-order valence-corrected chi connectivity index (χ2v) is 6.38. The third-order valence-corrected chi connectivity index (χ3v) is 4.06. The number of hydrogen-bond donors (Lipinski definition) is 3. The molecule has 0 fully saturated rings. The Kier molecular flexibility index (Phi) is 7.20. The Labute approximate surface area is 161 Å². The van der Waals surface area contributed by atoms with Crippen LogP contribution in [0.5, 0.6) is 0 Å². The van der Waals surface area contributed by atoms with E-state index in [4.69, 9.17) is 5.73 Å². The van der Waals surface area contributed by atoms with E-state index in [9.17, 15) is 23.2 Å². The van der Waals surface area contributed by atoms with Crippen LogP contribution in [0.15, 0.2) is 48.5 Å². The molecule has 0 bridgehead atoms. The van der Waals surface area contributed by atoms with E-state index in [2.05, 4.69) is 10.6 Å². The Morgan fingerprint density at radius 2 is 1.25 bits per heavy atom. The number of hydrogen-bond acceptors (Lipinski definition) is 3. The van der Waals surface area contributed by atoms with Gasteiger partial charge in [-0.3, -0.25) is 14.4 Å². The SMILES string of the molecule is CC(=O)N[C@@H](Cc1ccc(F)cc1)C(=O)N[C@@H](Cc1ccc(F)cc1)C(N)=O. The van der Waals surface area contributed by atoms with Crippen LogP contribution in [0.2, 0.25) is 0 Å². The molecule has 2 aromatic carbocycles. The zero-order valence-electron chi connectivity index (χ0n) is 15.2. The first-order chi connectivity index (χ1) is 13.2. The summed E-state index contributed by atoms with van der Waals surface area (Å²) >= 11 is 0. The molecule has 3 amide bonds. The van der Waals surface area contributed by atoms with Crippen molar-refractivity contribution in [3.05, 3.63) is 71.3 Å². The number of primary amides is 1. The molecule has 8 heteroatoms. The number of amides is 3. The van der Waals surface area contributed by atoms with Crippen molar-refractivity contribution in [3.63, 3.8) is 0 Å². The molecular formula is C20H21F2N3O3. The van der Waals surface area contributed by atoms with Crippen LogP contribution >= 0.6 is 0 Å². The minimum atomic E-state index is -1.04. The first-order valence-corrected chi connectivity index (χ1v) is 8.60. The molecular weight excluding hydrogens is 368 g/mol. The van der Waals surface area contributed by atoms with Crippen molar-refractivity contribution in [1.29, 1.82) is 0 Å². The van der Waals surface area contributed by atoms with Crippen LogP contribution in [0.25, 0.3) is 0 Å². The van der Waals surface area contributed by atoms with Gasteiger partial charge < -0.3 is 16.4 Å². The van der Waals surface area contributed by atoms with E-state index in [1.807, 2.05) is 0 Å². The van der Waals surface area contributed by atoms with Gasteiger partial charge in [-0.15, -0.1) is 0 Å². The van der Waals surface area contributed by atoms with Gasteiger partial charge in [-0.1, -0.05) is 24.3 Å². The maximum Gasteiger partial charge on any atom is 0.243 e.